The highest BCUT2D eigenvalue weighted by atomic mass is 35.5. The summed E-state index contributed by atoms with van der Waals surface area (Å²) < 4.78 is 19.2. The molecule has 1 aliphatic heterocycles. The normalized spacial score (nSPS) is 14.0. The second-order valence-corrected chi connectivity index (χ2v) is 8.73. The number of hydrogen-bond acceptors (Lipinski definition) is 8. The van der Waals surface area contributed by atoms with E-state index in [4.69, 9.17) is 16.3 Å². The van der Waals surface area contributed by atoms with E-state index in [0.29, 0.717) is 59.7 Å². The summed E-state index contributed by atoms with van der Waals surface area (Å²) in [6.45, 7) is 2.47. The number of hydrogen-bond donors (Lipinski definition) is 1. The summed E-state index contributed by atoms with van der Waals surface area (Å²) in [5, 5.41) is 14.7. The highest BCUT2D eigenvalue weighted by molar-refractivity contribution is 6.32. The van der Waals surface area contributed by atoms with Crippen LogP contribution in [0.25, 0.3) is 33.4 Å². The number of carbonyl (C=O) groups excluding carboxylic acids is 1. The van der Waals surface area contributed by atoms with Crippen LogP contribution in [-0.2, 0) is 9.53 Å². The molecule has 1 saturated heterocycles. The van der Waals surface area contributed by atoms with E-state index in [1.165, 1.54) is 30.3 Å². The Morgan fingerprint density at radius 3 is 2.65 bits per heavy atom. The van der Waals surface area contributed by atoms with E-state index >= 15 is 0 Å². The summed E-state index contributed by atoms with van der Waals surface area (Å²) in [5.74, 6) is -0.764. The molecule has 37 heavy (non-hydrogen) atoms. The number of amides is 1. The van der Waals surface area contributed by atoms with Crippen molar-refractivity contribution in [1.29, 1.82) is 0 Å². The third-order valence-corrected chi connectivity index (χ3v) is 6.10. The van der Waals surface area contributed by atoms with Crippen LogP contribution >= 0.6 is 11.6 Å². The number of nitro groups is 1. The third kappa shape index (κ3) is 5.69. The van der Waals surface area contributed by atoms with Crippen LogP contribution in [0.3, 0.4) is 0 Å². The molecule has 0 radical (unpaired) electrons. The van der Waals surface area contributed by atoms with E-state index in [9.17, 15) is 19.3 Å². The van der Waals surface area contributed by atoms with Gasteiger partial charge in [0.15, 0.2) is 0 Å². The number of fused-ring (bicyclic) bond motifs is 1. The van der Waals surface area contributed by atoms with E-state index in [-0.39, 0.29) is 29.2 Å². The molecule has 0 bridgehead atoms. The molecular formula is C25H20ClFN6O4. The molecule has 4 aromatic rings. The van der Waals surface area contributed by atoms with Gasteiger partial charge in [0.05, 0.1) is 41.6 Å². The van der Waals surface area contributed by atoms with Crippen molar-refractivity contribution in [2.75, 3.05) is 38.2 Å². The second-order valence-electron chi connectivity index (χ2n) is 8.37. The first-order chi connectivity index (χ1) is 17.9. The van der Waals surface area contributed by atoms with Crippen LogP contribution in [0.2, 0.25) is 5.15 Å². The topological polar surface area (TPSA) is 123 Å². The average molecular weight is 523 g/mol. The fourth-order valence-corrected chi connectivity index (χ4v) is 4.24. The molecule has 1 amide bonds. The first-order valence-corrected chi connectivity index (χ1v) is 11.7. The van der Waals surface area contributed by atoms with Gasteiger partial charge in [0.1, 0.15) is 11.0 Å². The summed E-state index contributed by atoms with van der Waals surface area (Å²) in [5.41, 5.74) is 1.85. The van der Waals surface area contributed by atoms with E-state index in [1.54, 1.807) is 24.3 Å². The number of pyridine rings is 1. The van der Waals surface area contributed by atoms with Gasteiger partial charge in [-0.2, -0.15) is 0 Å². The van der Waals surface area contributed by atoms with Crippen molar-refractivity contribution < 1.29 is 18.8 Å². The largest absolute Gasteiger partial charge is 0.379 e. The standard InChI is InChI=1S/C25H20ClFN6O4/c26-24-19(12-16-10-17(27)4-5-20(16)28-24)22-13-21(15-2-1-3-18(11-15)33(35)36)29-25(30-22)31-23(34)14-32-6-8-37-9-7-32/h1-5,10-13H,6-9,14H2,(H,29,30,31,34). The minimum absolute atomic E-state index is 0.00679. The molecule has 1 N–H and O–H groups in total. The fraction of sp³-hybridized carbons (Fsp3) is 0.200. The van der Waals surface area contributed by atoms with Crippen LogP contribution in [0.15, 0.2) is 54.6 Å². The Morgan fingerprint density at radius 1 is 1.08 bits per heavy atom. The number of aromatic nitrogens is 3. The molecule has 0 aliphatic carbocycles. The molecule has 2 aromatic heterocycles. The van der Waals surface area contributed by atoms with Gasteiger partial charge >= 0.3 is 0 Å². The zero-order chi connectivity index (χ0) is 25.9. The van der Waals surface area contributed by atoms with Gasteiger partial charge in [-0.1, -0.05) is 23.7 Å². The maximum atomic E-state index is 13.9. The molecule has 0 unspecified atom stereocenters. The van der Waals surface area contributed by atoms with Crippen LogP contribution in [0.4, 0.5) is 16.0 Å². The van der Waals surface area contributed by atoms with Gasteiger partial charge < -0.3 is 4.74 Å². The van der Waals surface area contributed by atoms with E-state index in [2.05, 4.69) is 20.3 Å². The van der Waals surface area contributed by atoms with Crippen molar-refractivity contribution in [3.63, 3.8) is 0 Å². The van der Waals surface area contributed by atoms with Gasteiger partial charge in [0.25, 0.3) is 5.69 Å². The predicted octanol–water partition coefficient (Wildman–Crippen LogP) is 4.33. The lowest BCUT2D eigenvalue weighted by atomic mass is 10.1. The molecule has 0 atom stereocenters. The molecule has 188 valence electrons. The highest BCUT2D eigenvalue weighted by Crippen LogP contribution is 2.32. The lowest BCUT2D eigenvalue weighted by Crippen LogP contribution is -2.41. The molecule has 0 saturated carbocycles. The Hall–Kier alpha value is -4.06. The lowest BCUT2D eigenvalue weighted by molar-refractivity contribution is -0.384. The molecule has 5 rings (SSSR count). The molecule has 2 aromatic carbocycles. The van der Waals surface area contributed by atoms with Gasteiger partial charge in [0.2, 0.25) is 11.9 Å². The van der Waals surface area contributed by atoms with Crippen LogP contribution in [-0.4, -0.2) is 63.5 Å². The van der Waals surface area contributed by atoms with Crippen molar-refractivity contribution in [3.05, 3.63) is 75.7 Å². The Morgan fingerprint density at radius 2 is 1.86 bits per heavy atom. The molecule has 1 aliphatic rings. The third-order valence-electron chi connectivity index (χ3n) is 5.81. The van der Waals surface area contributed by atoms with Gasteiger partial charge in [-0.15, -0.1) is 0 Å². The Balaban J connectivity index is 1.57. The van der Waals surface area contributed by atoms with Crippen molar-refractivity contribution >= 4 is 40.0 Å². The molecule has 3 heterocycles. The Kier molecular flexibility index (Phi) is 6.99. The smallest absolute Gasteiger partial charge is 0.270 e. The molecular weight excluding hydrogens is 503 g/mol. The Bertz CT molecular complexity index is 1510. The summed E-state index contributed by atoms with van der Waals surface area (Å²) in [6.07, 6.45) is 0. The zero-order valence-electron chi connectivity index (χ0n) is 19.4. The first-order valence-electron chi connectivity index (χ1n) is 11.4. The monoisotopic (exact) mass is 522 g/mol. The predicted molar refractivity (Wildman–Crippen MR) is 136 cm³/mol. The number of benzene rings is 2. The maximum absolute atomic E-state index is 13.9. The number of nitrogens with zero attached hydrogens (tertiary/aromatic N) is 5. The second kappa shape index (κ2) is 10.5. The summed E-state index contributed by atoms with van der Waals surface area (Å²) in [4.78, 5) is 38.8. The van der Waals surface area contributed by atoms with Gasteiger partial charge in [-0.3, -0.25) is 25.1 Å². The van der Waals surface area contributed by atoms with Crippen LogP contribution in [0, 0.1) is 15.9 Å². The van der Waals surface area contributed by atoms with E-state index < -0.39 is 10.7 Å². The summed E-state index contributed by atoms with van der Waals surface area (Å²) >= 11 is 6.47. The molecule has 1 fully saturated rings. The van der Waals surface area contributed by atoms with Crippen molar-refractivity contribution in [2.45, 2.75) is 0 Å². The number of ether oxygens (including phenoxy) is 1. The summed E-state index contributed by atoms with van der Waals surface area (Å²) in [7, 11) is 0. The SMILES string of the molecule is O=C(CN1CCOCC1)Nc1nc(-c2cccc([N+](=O)[O-])c2)cc(-c2cc3cc(F)ccc3nc2Cl)n1. The number of rotatable bonds is 6. The minimum Gasteiger partial charge on any atom is -0.379 e. The van der Waals surface area contributed by atoms with Gasteiger partial charge in [0, 0.05) is 41.7 Å². The quantitative estimate of drug-likeness (QED) is 0.225. The molecule has 12 heteroatoms. The summed E-state index contributed by atoms with van der Waals surface area (Å²) in [6, 6.07) is 13.3. The molecule has 10 nitrogen and oxygen atoms in total. The number of non-ortho nitro benzene ring substituents is 1. The number of carbonyl (C=O) groups is 1. The van der Waals surface area contributed by atoms with Crippen molar-refractivity contribution in [2.24, 2.45) is 0 Å². The van der Waals surface area contributed by atoms with E-state index in [0.717, 1.165) is 0 Å². The van der Waals surface area contributed by atoms with E-state index in [1.807, 2.05) is 4.90 Å². The van der Waals surface area contributed by atoms with Crippen LogP contribution in [0.5, 0.6) is 0 Å². The maximum Gasteiger partial charge on any atom is 0.270 e. The first kappa shape index (κ1) is 24.6. The number of morpholine rings is 1. The fourth-order valence-electron chi connectivity index (χ4n) is 4.00. The Labute approximate surface area is 215 Å². The van der Waals surface area contributed by atoms with Crippen molar-refractivity contribution in [1.82, 2.24) is 19.9 Å². The van der Waals surface area contributed by atoms with Gasteiger partial charge in [-0.05, 0) is 30.3 Å². The number of halogens is 2. The van der Waals surface area contributed by atoms with Crippen LogP contribution in [0.1, 0.15) is 0 Å². The number of nitrogens with one attached hydrogen (secondary N) is 1. The zero-order valence-corrected chi connectivity index (χ0v) is 20.1. The van der Waals surface area contributed by atoms with Crippen molar-refractivity contribution in [3.8, 4) is 22.5 Å². The van der Waals surface area contributed by atoms with Gasteiger partial charge in [-0.25, -0.2) is 19.3 Å². The minimum atomic E-state index is -0.505. The highest BCUT2D eigenvalue weighted by Gasteiger charge is 2.18. The lowest BCUT2D eigenvalue weighted by Gasteiger charge is -2.25. The number of anilines is 1. The molecule has 0 spiro atoms. The number of nitro benzene ring substituents is 1. The average Bonchev–Trinajstić information content (AvgIpc) is 2.89. The van der Waals surface area contributed by atoms with Crippen LogP contribution < -0.4 is 5.32 Å².